The van der Waals surface area contributed by atoms with E-state index in [1.807, 2.05) is 43.3 Å². The molecular formula is C25H20FNO5. The standard InChI is InChI=1S/C25H20FNO5/c1-14-18(15-7-5-4-6-8-15)12-21(30-2)23(24(14)31-3)22-13-20(27-32-22)16-9-10-17(25(28)29)19(26)11-16/h4-13H,1-3H3,(H,28,29). The van der Waals surface area contributed by atoms with E-state index in [0.717, 1.165) is 22.8 Å². The summed E-state index contributed by atoms with van der Waals surface area (Å²) in [6.45, 7) is 1.95. The van der Waals surface area contributed by atoms with Crippen LogP contribution >= 0.6 is 0 Å². The minimum Gasteiger partial charge on any atom is -0.496 e. The zero-order valence-corrected chi connectivity index (χ0v) is 17.7. The predicted octanol–water partition coefficient (Wildman–Crippen LogP) is 5.84. The van der Waals surface area contributed by atoms with Gasteiger partial charge >= 0.3 is 5.97 Å². The molecule has 1 heterocycles. The molecule has 7 heteroatoms. The maximum absolute atomic E-state index is 14.1. The van der Waals surface area contributed by atoms with Crippen LogP contribution in [-0.2, 0) is 0 Å². The Balaban J connectivity index is 1.83. The second kappa shape index (κ2) is 8.55. The van der Waals surface area contributed by atoms with Crippen LogP contribution in [-0.4, -0.2) is 30.5 Å². The van der Waals surface area contributed by atoms with E-state index in [2.05, 4.69) is 5.16 Å². The Bertz CT molecular complexity index is 1300. The fraction of sp³-hybridized carbons (Fsp3) is 0.120. The molecule has 0 aliphatic carbocycles. The van der Waals surface area contributed by atoms with E-state index >= 15 is 0 Å². The maximum atomic E-state index is 14.1. The van der Waals surface area contributed by atoms with Crippen LogP contribution < -0.4 is 9.47 Å². The van der Waals surface area contributed by atoms with Gasteiger partial charge in [-0.05, 0) is 41.8 Å². The van der Waals surface area contributed by atoms with Gasteiger partial charge in [-0.15, -0.1) is 0 Å². The minimum atomic E-state index is -1.33. The number of rotatable bonds is 6. The highest BCUT2D eigenvalue weighted by Gasteiger charge is 2.23. The van der Waals surface area contributed by atoms with Crippen molar-refractivity contribution in [2.45, 2.75) is 6.92 Å². The second-order valence-electron chi connectivity index (χ2n) is 7.10. The molecule has 1 aromatic heterocycles. The van der Waals surface area contributed by atoms with Gasteiger partial charge in [-0.2, -0.15) is 0 Å². The number of hydrogen-bond donors (Lipinski definition) is 1. The number of aromatic nitrogens is 1. The zero-order chi connectivity index (χ0) is 22.8. The first-order valence-corrected chi connectivity index (χ1v) is 9.76. The number of aromatic carboxylic acids is 1. The lowest BCUT2D eigenvalue weighted by atomic mass is 9.95. The Labute approximate surface area is 183 Å². The molecule has 0 amide bonds. The highest BCUT2D eigenvalue weighted by Crippen LogP contribution is 2.46. The number of hydrogen-bond acceptors (Lipinski definition) is 5. The van der Waals surface area contributed by atoms with Gasteiger partial charge < -0.3 is 19.1 Å². The van der Waals surface area contributed by atoms with Gasteiger partial charge in [0.05, 0.1) is 19.8 Å². The molecule has 0 bridgehead atoms. The van der Waals surface area contributed by atoms with Crippen molar-refractivity contribution in [3.8, 4) is 45.2 Å². The molecule has 4 aromatic rings. The molecule has 1 N–H and O–H groups in total. The lowest BCUT2D eigenvalue weighted by Gasteiger charge is -2.17. The molecule has 4 rings (SSSR count). The van der Waals surface area contributed by atoms with E-state index in [9.17, 15) is 9.18 Å². The highest BCUT2D eigenvalue weighted by molar-refractivity contribution is 5.89. The number of carbonyl (C=O) groups is 1. The van der Waals surface area contributed by atoms with Crippen molar-refractivity contribution in [1.82, 2.24) is 5.16 Å². The highest BCUT2D eigenvalue weighted by atomic mass is 19.1. The molecule has 0 atom stereocenters. The summed E-state index contributed by atoms with van der Waals surface area (Å²) >= 11 is 0. The lowest BCUT2D eigenvalue weighted by Crippen LogP contribution is -2.00. The number of methoxy groups -OCH3 is 2. The van der Waals surface area contributed by atoms with Gasteiger partial charge in [0.2, 0.25) is 0 Å². The van der Waals surface area contributed by atoms with Gasteiger partial charge in [0.1, 0.15) is 28.6 Å². The Kier molecular flexibility index (Phi) is 5.64. The topological polar surface area (TPSA) is 81.8 Å². The second-order valence-corrected chi connectivity index (χ2v) is 7.10. The Hall–Kier alpha value is -4.13. The molecule has 0 radical (unpaired) electrons. The fourth-order valence-electron chi connectivity index (χ4n) is 3.68. The molecule has 0 saturated carbocycles. The smallest absolute Gasteiger partial charge is 0.338 e. The average molecular weight is 433 g/mol. The molecule has 0 aliphatic heterocycles. The molecule has 3 aromatic carbocycles. The van der Waals surface area contributed by atoms with Crippen molar-refractivity contribution in [3.05, 3.63) is 77.6 Å². The van der Waals surface area contributed by atoms with Gasteiger partial charge in [0, 0.05) is 11.6 Å². The predicted molar refractivity (Wildman–Crippen MR) is 118 cm³/mol. The molecular weight excluding hydrogens is 413 g/mol. The summed E-state index contributed by atoms with van der Waals surface area (Å²) in [6, 6.07) is 17.2. The number of halogens is 1. The van der Waals surface area contributed by atoms with Gasteiger partial charge in [-0.1, -0.05) is 41.6 Å². The van der Waals surface area contributed by atoms with Crippen LogP contribution in [0.3, 0.4) is 0 Å². The maximum Gasteiger partial charge on any atom is 0.338 e. The largest absolute Gasteiger partial charge is 0.496 e. The van der Waals surface area contributed by atoms with E-state index in [1.165, 1.54) is 12.1 Å². The third-order valence-corrected chi connectivity index (χ3v) is 5.25. The van der Waals surface area contributed by atoms with Crippen molar-refractivity contribution in [2.24, 2.45) is 0 Å². The fourth-order valence-corrected chi connectivity index (χ4v) is 3.68. The molecule has 0 aliphatic rings. The third kappa shape index (κ3) is 3.69. The molecule has 0 fully saturated rings. The molecule has 162 valence electrons. The van der Waals surface area contributed by atoms with Crippen molar-refractivity contribution >= 4 is 5.97 Å². The van der Waals surface area contributed by atoms with Crippen LogP contribution in [0.25, 0.3) is 33.7 Å². The summed E-state index contributed by atoms with van der Waals surface area (Å²) < 4.78 is 31.1. The Morgan fingerprint density at radius 2 is 1.75 bits per heavy atom. The Morgan fingerprint density at radius 1 is 1.00 bits per heavy atom. The van der Waals surface area contributed by atoms with Crippen LogP contribution in [0.5, 0.6) is 11.5 Å². The number of benzene rings is 3. The van der Waals surface area contributed by atoms with Crippen molar-refractivity contribution in [1.29, 1.82) is 0 Å². The van der Waals surface area contributed by atoms with Crippen molar-refractivity contribution in [3.63, 3.8) is 0 Å². The van der Waals surface area contributed by atoms with Crippen LogP contribution in [0.2, 0.25) is 0 Å². The molecule has 0 spiro atoms. The van der Waals surface area contributed by atoms with Crippen LogP contribution in [0.15, 0.2) is 65.2 Å². The van der Waals surface area contributed by atoms with E-state index < -0.39 is 17.3 Å². The zero-order valence-electron chi connectivity index (χ0n) is 17.7. The normalized spacial score (nSPS) is 10.8. The number of nitrogens with zero attached hydrogens (tertiary/aromatic N) is 1. The summed E-state index contributed by atoms with van der Waals surface area (Å²) in [6.07, 6.45) is 0. The van der Waals surface area contributed by atoms with Crippen molar-refractivity contribution in [2.75, 3.05) is 14.2 Å². The molecule has 6 nitrogen and oxygen atoms in total. The minimum absolute atomic E-state index is 0.352. The quantitative estimate of drug-likeness (QED) is 0.411. The van der Waals surface area contributed by atoms with Gasteiger partial charge in [-0.3, -0.25) is 0 Å². The summed E-state index contributed by atoms with van der Waals surface area (Å²) in [5.41, 5.74) is 3.77. The SMILES string of the molecule is COc1cc(-c2ccccc2)c(C)c(OC)c1-c1cc(-c2ccc(C(=O)O)c(F)c2)no1. The summed E-state index contributed by atoms with van der Waals surface area (Å²) in [5, 5.41) is 13.1. The monoisotopic (exact) mass is 433 g/mol. The molecule has 32 heavy (non-hydrogen) atoms. The first-order valence-electron chi connectivity index (χ1n) is 9.76. The average Bonchev–Trinajstić information content (AvgIpc) is 3.28. The number of ether oxygens (including phenoxy) is 2. The van der Waals surface area contributed by atoms with Gasteiger partial charge in [-0.25, -0.2) is 9.18 Å². The van der Waals surface area contributed by atoms with Crippen LogP contribution in [0.4, 0.5) is 4.39 Å². The molecule has 0 saturated heterocycles. The lowest BCUT2D eigenvalue weighted by molar-refractivity contribution is 0.0692. The third-order valence-electron chi connectivity index (χ3n) is 5.25. The number of carboxylic acids is 1. The number of carboxylic acid groups (broad SMARTS) is 1. The Morgan fingerprint density at radius 3 is 2.38 bits per heavy atom. The first-order chi connectivity index (χ1) is 15.4. The summed E-state index contributed by atoms with van der Waals surface area (Å²) in [5.74, 6) is -0.713. The van der Waals surface area contributed by atoms with E-state index in [-0.39, 0.29) is 0 Å². The van der Waals surface area contributed by atoms with E-state index in [1.54, 1.807) is 20.3 Å². The van der Waals surface area contributed by atoms with Crippen molar-refractivity contribution < 1.29 is 28.3 Å². The van der Waals surface area contributed by atoms with Gasteiger partial charge in [0.15, 0.2) is 5.76 Å². The first kappa shape index (κ1) is 21.1. The van der Waals surface area contributed by atoms with Crippen LogP contribution in [0, 0.1) is 12.7 Å². The van der Waals surface area contributed by atoms with E-state index in [4.69, 9.17) is 19.1 Å². The van der Waals surface area contributed by atoms with E-state index in [0.29, 0.717) is 34.1 Å². The van der Waals surface area contributed by atoms with Gasteiger partial charge in [0.25, 0.3) is 0 Å². The van der Waals surface area contributed by atoms with Crippen LogP contribution in [0.1, 0.15) is 15.9 Å². The summed E-state index contributed by atoms with van der Waals surface area (Å²) in [4.78, 5) is 11.1. The molecule has 0 unspecified atom stereocenters. The summed E-state index contributed by atoms with van der Waals surface area (Å²) in [7, 11) is 3.12.